The molecule has 1 aromatic carbocycles. The molecule has 3 aliphatic heterocycles. The Hall–Kier alpha value is -2.44. The molecule has 1 N–H and O–H groups in total. The third-order valence-corrected chi connectivity index (χ3v) is 6.46. The number of carbonyl (C=O) groups is 3. The Morgan fingerprint density at radius 2 is 1.96 bits per heavy atom. The van der Waals surface area contributed by atoms with Gasteiger partial charge in [0.05, 0.1) is 22.8 Å². The van der Waals surface area contributed by atoms with Gasteiger partial charge in [-0.3, -0.25) is 19.7 Å². The molecule has 4 heterocycles. The second-order valence-electron chi connectivity index (χ2n) is 6.65. The Balaban J connectivity index is 1.69. The van der Waals surface area contributed by atoms with E-state index in [0.29, 0.717) is 9.90 Å². The van der Waals surface area contributed by atoms with Crippen molar-refractivity contribution in [1.29, 1.82) is 0 Å². The molecule has 4 atom stereocenters. The number of Topliss-reactive ketones (excluding diaryl/α,β-unsaturated/α-hetero) is 1. The summed E-state index contributed by atoms with van der Waals surface area (Å²) >= 11 is 7.45. The van der Waals surface area contributed by atoms with E-state index >= 15 is 0 Å². The predicted molar refractivity (Wildman–Crippen MR) is 99.3 cm³/mol. The number of anilines is 1. The quantitative estimate of drug-likeness (QED) is 0.638. The topological polar surface area (TPSA) is 66.5 Å². The molecule has 3 aliphatic rings. The SMILES string of the molecule is O=C1NC(=O)[C@H]2[C@H]1[C@@H](C(=O)c1cccs1)N1c3ccc(Cl)cc3C=C[C@@H]21. The normalized spacial score (nSPS) is 28.6. The van der Waals surface area contributed by atoms with Gasteiger partial charge in [-0.25, -0.2) is 0 Å². The molecule has 2 aromatic rings. The van der Waals surface area contributed by atoms with E-state index in [2.05, 4.69) is 5.32 Å². The van der Waals surface area contributed by atoms with Crippen LogP contribution >= 0.6 is 22.9 Å². The molecule has 2 saturated heterocycles. The number of fused-ring (bicyclic) bond motifs is 5. The van der Waals surface area contributed by atoms with Gasteiger partial charge in [0.1, 0.15) is 6.04 Å². The number of ketones is 1. The van der Waals surface area contributed by atoms with Gasteiger partial charge in [-0.15, -0.1) is 11.3 Å². The summed E-state index contributed by atoms with van der Waals surface area (Å²) in [6.45, 7) is 0. The Kier molecular flexibility index (Phi) is 3.36. The monoisotopic (exact) mass is 384 g/mol. The first-order chi connectivity index (χ1) is 12.6. The van der Waals surface area contributed by atoms with E-state index in [1.165, 1.54) is 11.3 Å². The Morgan fingerprint density at radius 1 is 1.15 bits per heavy atom. The van der Waals surface area contributed by atoms with Crippen molar-refractivity contribution in [2.75, 3.05) is 4.90 Å². The van der Waals surface area contributed by atoms with E-state index in [4.69, 9.17) is 11.6 Å². The van der Waals surface area contributed by atoms with Crippen LogP contribution in [0.4, 0.5) is 5.69 Å². The first kappa shape index (κ1) is 15.8. The molecule has 2 amide bonds. The molecular formula is C19H13ClN2O3S. The summed E-state index contributed by atoms with van der Waals surface area (Å²) in [4.78, 5) is 40.7. The van der Waals surface area contributed by atoms with Crippen LogP contribution in [0.25, 0.3) is 6.08 Å². The fourth-order valence-corrected chi connectivity index (χ4v) is 5.20. The zero-order valence-corrected chi connectivity index (χ0v) is 15.0. The first-order valence-electron chi connectivity index (χ1n) is 8.25. The van der Waals surface area contributed by atoms with E-state index in [-0.39, 0.29) is 23.6 Å². The Bertz CT molecular complexity index is 985. The molecule has 0 aliphatic carbocycles. The van der Waals surface area contributed by atoms with Crippen LogP contribution in [-0.4, -0.2) is 29.7 Å². The third kappa shape index (κ3) is 2.06. The van der Waals surface area contributed by atoms with Crippen molar-refractivity contribution in [3.8, 4) is 0 Å². The molecule has 0 spiro atoms. The highest BCUT2D eigenvalue weighted by Gasteiger charge is 2.61. The number of benzene rings is 1. The van der Waals surface area contributed by atoms with E-state index in [0.717, 1.165) is 11.3 Å². The number of nitrogens with zero attached hydrogens (tertiary/aromatic N) is 1. The highest BCUT2D eigenvalue weighted by molar-refractivity contribution is 7.12. The number of imide groups is 1. The van der Waals surface area contributed by atoms with E-state index in [1.54, 1.807) is 12.1 Å². The summed E-state index contributed by atoms with van der Waals surface area (Å²) in [5.74, 6) is -2.05. The van der Waals surface area contributed by atoms with Gasteiger partial charge in [0.15, 0.2) is 5.78 Å². The lowest BCUT2D eigenvalue weighted by Gasteiger charge is -2.35. The van der Waals surface area contributed by atoms with Crippen LogP contribution in [0.2, 0.25) is 5.02 Å². The van der Waals surface area contributed by atoms with Gasteiger partial charge in [0.25, 0.3) is 0 Å². The lowest BCUT2D eigenvalue weighted by atomic mass is 9.87. The van der Waals surface area contributed by atoms with E-state index in [9.17, 15) is 14.4 Å². The van der Waals surface area contributed by atoms with Crippen LogP contribution in [0.3, 0.4) is 0 Å². The lowest BCUT2D eigenvalue weighted by Crippen LogP contribution is -2.47. The summed E-state index contributed by atoms with van der Waals surface area (Å²) in [5.41, 5.74) is 1.71. The van der Waals surface area contributed by atoms with Crippen molar-refractivity contribution in [2.24, 2.45) is 11.8 Å². The van der Waals surface area contributed by atoms with Crippen LogP contribution < -0.4 is 10.2 Å². The van der Waals surface area contributed by atoms with Gasteiger partial charge in [0.2, 0.25) is 11.8 Å². The number of carbonyl (C=O) groups excluding carboxylic acids is 3. The van der Waals surface area contributed by atoms with Gasteiger partial charge in [0, 0.05) is 10.7 Å². The molecule has 0 unspecified atom stereocenters. The van der Waals surface area contributed by atoms with Crippen LogP contribution in [-0.2, 0) is 9.59 Å². The van der Waals surface area contributed by atoms with Crippen LogP contribution in [0.15, 0.2) is 41.8 Å². The van der Waals surface area contributed by atoms with Gasteiger partial charge in [-0.05, 0) is 35.2 Å². The number of hydrogen-bond donors (Lipinski definition) is 1. The fraction of sp³-hybridized carbons (Fsp3) is 0.211. The van der Waals surface area contributed by atoms with Gasteiger partial charge in [-0.1, -0.05) is 29.8 Å². The largest absolute Gasteiger partial charge is 0.352 e. The molecule has 0 radical (unpaired) electrons. The summed E-state index contributed by atoms with van der Waals surface area (Å²) in [5, 5.41) is 4.84. The second kappa shape index (κ2) is 5.53. The summed E-state index contributed by atoms with van der Waals surface area (Å²) in [7, 11) is 0. The smallest absolute Gasteiger partial charge is 0.233 e. The summed E-state index contributed by atoms with van der Waals surface area (Å²) in [6, 6.07) is 7.98. The number of thiophene rings is 1. The van der Waals surface area contributed by atoms with Gasteiger partial charge < -0.3 is 4.90 Å². The molecule has 0 saturated carbocycles. The zero-order valence-electron chi connectivity index (χ0n) is 13.4. The van der Waals surface area contributed by atoms with Crippen LogP contribution in [0.1, 0.15) is 15.2 Å². The molecule has 130 valence electrons. The fourth-order valence-electron chi connectivity index (χ4n) is 4.33. The minimum atomic E-state index is -0.708. The first-order valence-corrected chi connectivity index (χ1v) is 9.50. The van der Waals surface area contributed by atoms with Crippen molar-refractivity contribution in [3.63, 3.8) is 0 Å². The molecular weight excluding hydrogens is 372 g/mol. The van der Waals surface area contributed by atoms with Crippen molar-refractivity contribution in [3.05, 3.63) is 57.3 Å². The molecule has 5 nitrogen and oxygen atoms in total. The van der Waals surface area contributed by atoms with Crippen molar-refractivity contribution in [1.82, 2.24) is 5.32 Å². The summed E-state index contributed by atoms with van der Waals surface area (Å²) < 4.78 is 0. The Labute approximate surface area is 158 Å². The molecule has 2 fully saturated rings. The molecule has 7 heteroatoms. The molecule has 1 aromatic heterocycles. The van der Waals surface area contributed by atoms with Crippen molar-refractivity contribution < 1.29 is 14.4 Å². The van der Waals surface area contributed by atoms with Crippen LogP contribution in [0, 0.1) is 11.8 Å². The maximum atomic E-state index is 13.3. The van der Waals surface area contributed by atoms with Crippen molar-refractivity contribution >= 4 is 52.3 Å². The molecule has 0 bridgehead atoms. The maximum Gasteiger partial charge on any atom is 0.233 e. The lowest BCUT2D eigenvalue weighted by molar-refractivity contribution is -0.126. The van der Waals surface area contributed by atoms with Crippen molar-refractivity contribution in [2.45, 2.75) is 12.1 Å². The maximum absolute atomic E-state index is 13.3. The summed E-state index contributed by atoms with van der Waals surface area (Å²) in [6.07, 6.45) is 3.81. The Morgan fingerprint density at radius 3 is 2.73 bits per heavy atom. The number of halogens is 1. The number of hydrogen-bond acceptors (Lipinski definition) is 5. The number of amides is 2. The van der Waals surface area contributed by atoms with Gasteiger partial charge in [-0.2, -0.15) is 0 Å². The zero-order chi connectivity index (χ0) is 18.0. The molecule has 26 heavy (non-hydrogen) atoms. The standard InChI is InChI=1S/C19H13ClN2O3S/c20-10-4-6-11-9(8-10)3-5-12-14-15(19(25)21-18(14)24)16(22(11)12)17(23)13-2-1-7-26-13/h1-8,12,14-16H,(H,21,24,25)/t12-,14+,15-,16-/m0/s1. The highest BCUT2D eigenvalue weighted by Crippen LogP contribution is 2.47. The van der Waals surface area contributed by atoms with E-state index < -0.39 is 17.9 Å². The predicted octanol–water partition coefficient (Wildman–Crippen LogP) is 2.76. The van der Waals surface area contributed by atoms with E-state index in [1.807, 2.05) is 40.6 Å². The number of nitrogens with one attached hydrogen (secondary N) is 1. The average Bonchev–Trinajstić information content (AvgIpc) is 3.31. The highest BCUT2D eigenvalue weighted by atomic mass is 35.5. The minimum Gasteiger partial charge on any atom is -0.352 e. The van der Waals surface area contributed by atoms with Gasteiger partial charge >= 0.3 is 0 Å². The molecule has 5 rings (SSSR count). The third-order valence-electron chi connectivity index (χ3n) is 5.34. The second-order valence-corrected chi connectivity index (χ2v) is 8.04. The number of rotatable bonds is 2. The average molecular weight is 385 g/mol. The van der Waals surface area contributed by atoms with Crippen LogP contribution in [0.5, 0.6) is 0 Å². The minimum absolute atomic E-state index is 0.126.